The minimum Gasteiger partial charge on any atom is -0.342 e. The van der Waals surface area contributed by atoms with Crippen LogP contribution in [0.4, 0.5) is 0 Å². The van der Waals surface area contributed by atoms with Gasteiger partial charge in [-0.25, -0.2) is 0 Å². The molecule has 2 aliphatic rings. The zero-order chi connectivity index (χ0) is 15.0. The zero-order valence-corrected chi connectivity index (χ0v) is 12.8. The number of carbonyl (C=O) groups is 1. The molecular weight excluding hydrogens is 264 g/mol. The third kappa shape index (κ3) is 2.61. The molecule has 2 heterocycles. The van der Waals surface area contributed by atoms with Crippen molar-refractivity contribution >= 4 is 11.5 Å². The highest BCUT2D eigenvalue weighted by molar-refractivity contribution is 6.21. The van der Waals surface area contributed by atoms with Crippen molar-refractivity contribution in [3.8, 4) is 0 Å². The van der Waals surface area contributed by atoms with Gasteiger partial charge in [0.2, 0.25) is 0 Å². The maximum atomic E-state index is 12.4. The molecule has 1 spiro atoms. The minimum absolute atomic E-state index is 0.00503. The Balaban J connectivity index is 1.91. The Kier molecular flexibility index (Phi) is 3.59. The molecule has 1 amide bonds. The SMILES string of the molecule is CON1CCC2([C]=C(c3cc(C)ccc3C)C(=O)N2)CC1. The first-order chi connectivity index (χ1) is 10.0. The van der Waals surface area contributed by atoms with E-state index >= 15 is 0 Å². The summed E-state index contributed by atoms with van der Waals surface area (Å²) in [5, 5.41) is 5.07. The summed E-state index contributed by atoms with van der Waals surface area (Å²) in [5.74, 6) is -0.00503. The molecule has 3 rings (SSSR count). The lowest BCUT2D eigenvalue weighted by molar-refractivity contribution is -0.150. The molecule has 1 saturated heterocycles. The molecule has 1 N–H and O–H groups in total. The van der Waals surface area contributed by atoms with Crippen molar-refractivity contribution in [1.82, 2.24) is 10.4 Å². The Morgan fingerprint density at radius 1 is 1.29 bits per heavy atom. The third-order valence-corrected chi connectivity index (χ3v) is 4.44. The number of nitrogens with one attached hydrogen (secondary N) is 1. The van der Waals surface area contributed by atoms with Crippen LogP contribution in [0.1, 0.15) is 29.5 Å². The Morgan fingerprint density at radius 2 is 2.00 bits per heavy atom. The molecule has 4 nitrogen and oxygen atoms in total. The van der Waals surface area contributed by atoms with Gasteiger partial charge in [-0.1, -0.05) is 23.8 Å². The number of piperidine rings is 1. The fourth-order valence-electron chi connectivity index (χ4n) is 3.10. The van der Waals surface area contributed by atoms with Crippen LogP contribution < -0.4 is 5.32 Å². The Morgan fingerprint density at radius 3 is 2.67 bits per heavy atom. The van der Waals surface area contributed by atoms with Crippen molar-refractivity contribution in [2.75, 3.05) is 20.2 Å². The first kappa shape index (κ1) is 14.3. The molecule has 1 aromatic rings. The number of benzene rings is 1. The van der Waals surface area contributed by atoms with Crippen molar-refractivity contribution in [2.24, 2.45) is 0 Å². The monoisotopic (exact) mass is 285 g/mol. The number of rotatable bonds is 2. The van der Waals surface area contributed by atoms with E-state index in [1.807, 2.05) is 18.9 Å². The largest absolute Gasteiger partial charge is 0.342 e. The number of hydrogen-bond acceptors (Lipinski definition) is 3. The molecule has 0 atom stereocenters. The smallest absolute Gasteiger partial charge is 0.252 e. The molecule has 0 unspecified atom stereocenters. The number of hydroxylamine groups is 2. The second-order valence-electron chi connectivity index (χ2n) is 5.97. The van der Waals surface area contributed by atoms with Crippen LogP contribution in [0.15, 0.2) is 18.2 Å². The normalized spacial score (nSPS) is 21.5. The zero-order valence-electron chi connectivity index (χ0n) is 12.8. The summed E-state index contributed by atoms with van der Waals surface area (Å²) in [6.07, 6.45) is 5.13. The van der Waals surface area contributed by atoms with Gasteiger partial charge in [-0.2, -0.15) is 5.06 Å². The summed E-state index contributed by atoms with van der Waals surface area (Å²) >= 11 is 0. The average molecular weight is 285 g/mol. The molecule has 0 bridgehead atoms. The maximum absolute atomic E-state index is 12.4. The predicted molar refractivity (Wildman–Crippen MR) is 81.3 cm³/mol. The Labute approximate surface area is 125 Å². The molecule has 21 heavy (non-hydrogen) atoms. The average Bonchev–Trinajstić information content (AvgIpc) is 2.79. The van der Waals surface area contributed by atoms with Gasteiger partial charge in [-0.15, -0.1) is 0 Å². The van der Waals surface area contributed by atoms with Crippen LogP contribution in [0.2, 0.25) is 0 Å². The van der Waals surface area contributed by atoms with E-state index in [2.05, 4.69) is 29.6 Å². The molecule has 1 radical (unpaired) electrons. The van der Waals surface area contributed by atoms with Gasteiger partial charge in [0.25, 0.3) is 5.91 Å². The summed E-state index contributed by atoms with van der Waals surface area (Å²) in [4.78, 5) is 17.7. The fraction of sp³-hybridized carbons (Fsp3) is 0.471. The van der Waals surface area contributed by atoms with Gasteiger partial charge in [-0.05, 0) is 43.9 Å². The van der Waals surface area contributed by atoms with E-state index in [1.165, 1.54) is 0 Å². The number of hydrogen-bond donors (Lipinski definition) is 1. The van der Waals surface area contributed by atoms with E-state index < -0.39 is 0 Å². The van der Waals surface area contributed by atoms with Gasteiger partial charge in [0.05, 0.1) is 18.2 Å². The van der Waals surface area contributed by atoms with Gasteiger partial charge in [0, 0.05) is 13.1 Å². The van der Waals surface area contributed by atoms with Crippen molar-refractivity contribution in [3.05, 3.63) is 41.0 Å². The van der Waals surface area contributed by atoms with Crippen LogP contribution in [0.5, 0.6) is 0 Å². The van der Waals surface area contributed by atoms with Gasteiger partial charge in [0.15, 0.2) is 0 Å². The molecule has 4 heteroatoms. The molecule has 2 aliphatic heterocycles. The lowest BCUT2D eigenvalue weighted by Gasteiger charge is -2.36. The quantitative estimate of drug-likeness (QED) is 0.904. The van der Waals surface area contributed by atoms with Crippen LogP contribution >= 0.6 is 0 Å². The van der Waals surface area contributed by atoms with Crippen molar-refractivity contribution < 1.29 is 9.63 Å². The van der Waals surface area contributed by atoms with E-state index in [1.54, 1.807) is 7.11 Å². The maximum Gasteiger partial charge on any atom is 0.252 e. The first-order valence-corrected chi connectivity index (χ1v) is 7.37. The highest BCUT2D eigenvalue weighted by atomic mass is 16.7. The second-order valence-corrected chi connectivity index (χ2v) is 5.97. The number of amides is 1. The number of aryl methyl sites for hydroxylation is 2. The van der Waals surface area contributed by atoms with E-state index in [9.17, 15) is 4.79 Å². The van der Waals surface area contributed by atoms with Gasteiger partial charge >= 0.3 is 0 Å². The lowest BCUT2D eigenvalue weighted by Crippen LogP contribution is -2.51. The van der Waals surface area contributed by atoms with Gasteiger partial charge in [-0.3, -0.25) is 4.79 Å². The van der Waals surface area contributed by atoms with Crippen molar-refractivity contribution in [3.63, 3.8) is 0 Å². The summed E-state index contributed by atoms with van der Waals surface area (Å²) < 4.78 is 0. The molecule has 111 valence electrons. The van der Waals surface area contributed by atoms with Gasteiger partial charge < -0.3 is 10.2 Å². The predicted octanol–water partition coefficient (Wildman–Crippen LogP) is 2.02. The summed E-state index contributed by atoms with van der Waals surface area (Å²) in [6, 6.07) is 6.20. The summed E-state index contributed by atoms with van der Waals surface area (Å²) in [5.41, 5.74) is 3.65. The second kappa shape index (κ2) is 5.28. The van der Waals surface area contributed by atoms with Crippen LogP contribution in [0.25, 0.3) is 5.57 Å². The van der Waals surface area contributed by atoms with E-state index in [-0.39, 0.29) is 11.4 Å². The van der Waals surface area contributed by atoms with Crippen molar-refractivity contribution in [1.29, 1.82) is 0 Å². The summed E-state index contributed by atoms with van der Waals surface area (Å²) in [6.45, 7) is 5.70. The highest BCUT2D eigenvalue weighted by Crippen LogP contribution is 2.33. The minimum atomic E-state index is -0.322. The highest BCUT2D eigenvalue weighted by Gasteiger charge is 2.41. The van der Waals surface area contributed by atoms with Crippen LogP contribution in [-0.4, -0.2) is 36.7 Å². The van der Waals surface area contributed by atoms with E-state index in [4.69, 9.17) is 4.84 Å². The Hall–Kier alpha value is -1.65. The molecule has 1 aromatic carbocycles. The van der Waals surface area contributed by atoms with Crippen LogP contribution in [0, 0.1) is 19.9 Å². The van der Waals surface area contributed by atoms with Crippen LogP contribution in [-0.2, 0) is 9.63 Å². The van der Waals surface area contributed by atoms with Gasteiger partial charge in [0.1, 0.15) is 0 Å². The number of nitrogens with zero attached hydrogens (tertiary/aromatic N) is 1. The molecule has 0 saturated carbocycles. The molecule has 0 aromatic heterocycles. The first-order valence-electron chi connectivity index (χ1n) is 7.37. The Bertz CT molecular complexity index is 599. The van der Waals surface area contributed by atoms with Crippen molar-refractivity contribution in [2.45, 2.75) is 32.2 Å². The number of carbonyl (C=O) groups excluding carboxylic acids is 1. The molecule has 0 aliphatic carbocycles. The fourth-order valence-corrected chi connectivity index (χ4v) is 3.10. The molecular formula is C17H21N2O2. The lowest BCUT2D eigenvalue weighted by atomic mass is 9.88. The topological polar surface area (TPSA) is 41.6 Å². The van der Waals surface area contributed by atoms with E-state index in [0.29, 0.717) is 5.57 Å². The molecule has 1 fully saturated rings. The summed E-state index contributed by atoms with van der Waals surface area (Å²) in [7, 11) is 1.69. The standard InChI is InChI=1S/C17H21N2O2/c1-12-4-5-13(2)14(10-12)15-11-17(18-16(15)20)6-8-19(21-3)9-7-17/h4-5,10H,6-9H2,1-3H3,(H,18,20). The van der Waals surface area contributed by atoms with E-state index in [0.717, 1.165) is 42.6 Å². The third-order valence-electron chi connectivity index (χ3n) is 4.44. The van der Waals surface area contributed by atoms with Crippen LogP contribution in [0.3, 0.4) is 0 Å².